The van der Waals surface area contributed by atoms with Crippen LogP contribution < -0.4 is 10.2 Å². The lowest BCUT2D eigenvalue weighted by Crippen LogP contribution is -2.53. The van der Waals surface area contributed by atoms with Crippen molar-refractivity contribution in [3.05, 3.63) is 40.8 Å². The molecule has 1 aliphatic heterocycles. The van der Waals surface area contributed by atoms with Crippen LogP contribution in [0.2, 0.25) is 10.0 Å². The number of carbonyl (C=O) groups excluding carboxylic acids is 1. The van der Waals surface area contributed by atoms with E-state index in [1.807, 2.05) is 14.0 Å². The van der Waals surface area contributed by atoms with E-state index in [4.69, 9.17) is 23.2 Å². The van der Waals surface area contributed by atoms with Gasteiger partial charge in [0.1, 0.15) is 12.1 Å². The Hall–Kier alpha value is -2.42. The zero-order valence-corrected chi connectivity index (χ0v) is 17.7. The summed E-state index contributed by atoms with van der Waals surface area (Å²) in [6.07, 6.45) is 3.36. The van der Waals surface area contributed by atoms with Gasteiger partial charge in [0.25, 0.3) is 0 Å². The van der Waals surface area contributed by atoms with Crippen LogP contribution in [0.4, 0.5) is 11.5 Å². The lowest BCUT2D eigenvalue weighted by molar-refractivity contribution is -0.120. The minimum atomic E-state index is -0.295. The van der Waals surface area contributed by atoms with Crippen molar-refractivity contribution in [2.75, 3.05) is 36.4 Å². The van der Waals surface area contributed by atoms with Crippen molar-refractivity contribution in [2.24, 2.45) is 7.05 Å². The lowest BCUT2D eigenvalue weighted by atomic mass is 10.2. The number of hydrogen-bond acceptors (Lipinski definition) is 6. The highest BCUT2D eigenvalue weighted by Gasteiger charge is 2.27. The number of aryl methyl sites for hydroxylation is 1. The largest absolute Gasteiger partial charge is 0.353 e. The van der Waals surface area contributed by atoms with E-state index in [-0.39, 0.29) is 11.9 Å². The second kappa shape index (κ2) is 8.14. The molecule has 152 valence electrons. The third-order valence-corrected chi connectivity index (χ3v) is 5.80. The first-order chi connectivity index (χ1) is 13.9. The number of piperazine rings is 1. The van der Waals surface area contributed by atoms with Gasteiger partial charge in [0.15, 0.2) is 5.65 Å². The van der Waals surface area contributed by atoms with E-state index in [0.29, 0.717) is 15.7 Å². The van der Waals surface area contributed by atoms with Crippen molar-refractivity contribution >= 4 is 51.6 Å². The number of nitrogens with zero attached hydrogens (tertiary/aromatic N) is 6. The summed E-state index contributed by atoms with van der Waals surface area (Å²) in [5, 5.41) is 9.07. The standard InChI is InChI=1S/C19H21Cl2N7O/c1-12(19(29)25-16-9-13(20)3-4-15(16)21)27-5-7-28(8-6-27)18-14-10-24-26(2)17(14)22-11-23-18/h3-4,9-12H,5-8H2,1-2H3,(H,25,29). The highest BCUT2D eigenvalue weighted by Crippen LogP contribution is 2.26. The lowest BCUT2D eigenvalue weighted by Gasteiger charge is -2.38. The highest BCUT2D eigenvalue weighted by atomic mass is 35.5. The molecule has 1 atom stereocenters. The maximum atomic E-state index is 12.7. The summed E-state index contributed by atoms with van der Waals surface area (Å²) >= 11 is 12.2. The van der Waals surface area contributed by atoms with E-state index in [1.54, 1.807) is 35.4 Å². The van der Waals surface area contributed by atoms with Gasteiger partial charge in [0.2, 0.25) is 5.91 Å². The van der Waals surface area contributed by atoms with E-state index < -0.39 is 0 Å². The first kappa shape index (κ1) is 19.9. The molecular formula is C19H21Cl2N7O. The number of benzene rings is 1. The molecule has 1 unspecified atom stereocenters. The van der Waals surface area contributed by atoms with Crippen LogP contribution in [0.1, 0.15) is 6.92 Å². The third-order valence-electron chi connectivity index (χ3n) is 5.24. The molecule has 0 spiro atoms. The van der Waals surface area contributed by atoms with Gasteiger partial charge >= 0.3 is 0 Å². The van der Waals surface area contributed by atoms with Gasteiger partial charge in [-0.25, -0.2) is 9.97 Å². The van der Waals surface area contributed by atoms with Crippen LogP contribution in [0, 0.1) is 0 Å². The van der Waals surface area contributed by atoms with Gasteiger partial charge in [-0.15, -0.1) is 0 Å². The number of aromatic nitrogens is 4. The summed E-state index contributed by atoms with van der Waals surface area (Å²) in [6, 6.07) is 4.72. The number of anilines is 2. The zero-order valence-electron chi connectivity index (χ0n) is 16.1. The van der Waals surface area contributed by atoms with Crippen LogP contribution in [-0.4, -0.2) is 62.8 Å². The molecule has 1 amide bonds. The fourth-order valence-electron chi connectivity index (χ4n) is 3.52. The average Bonchev–Trinajstić information content (AvgIpc) is 3.11. The Labute approximate surface area is 178 Å². The molecular weight excluding hydrogens is 413 g/mol. The van der Waals surface area contributed by atoms with Crippen LogP contribution in [0.25, 0.3) is 11.0 Å². The van der Waals surface area contributed by atoms with Gasteiger partial charge in [-0.2, -0.15) is 5.10 Å². The number of carbonyl (C=O) groups is 1. The van der Waals surface area contributed by atoms with E-state index in [2.05, 4.69) is 30.2 Å². The Morgan fingerprint density at radius 2 is 1.93 bits per heavy atom. The molecule has 1 N–H and O–H groups in total. The second-order valence-corrected chi connectivity index (χ2v) is 7.86. The summed E-state index contributed by atoms with van der Waals surface area (Å²) in [5.74, 6) is 0.768. The first-order valence-corrected chi connectivity index (χ1v) is 10.1. The Balaban J connectivity index is 1.41. The van der Waals surface area contributed by atoms with Gasteiger partial charge in [-0.3, -0.25) is 14.4 Å². The molecule has 2 aromatic heterocycles. The predicted molar refractivity (Wildman–Crippen MR) is 115 cm³/mol. The van der Waals surface area contributed by atoms with Gasteiger partial charge < -0.3 is 10.2 Å². The number of rotatable bonds is 4. The van der Waals surface area contributed by atoms with Crippen LogP contribution >= 0.6 is 23.2 Å². The van der Waals surface area contributed by atoms with Crippen molar-refractivity contribution in [3.8, 4) is 0 Å². The molecule has 1 saturated heterocycles. The predicted octanol–water partition coefficient (Wildman–Crippen LogP) is 2.82. The van der Waals surface area contributed by atoms with Crippen LogP contribution in [0.3, 0.4) is 0 Å². The monoisotopic (exact) mass is 433 g/mol. The SMILES string of the molecule is CC(C(=O)Nc1cc(Cl)ccc1Cl)N1CCN(c2ncnc3c2cnn3C)CC1. The summed E-state index contributed by atoms with van der Waals surface area (Å²) in [6.45, 7) is 4.90. The number of nitrogens with one attached hydrogen (secondary N) is 1. The molecule has 1 aliphatic rings. The van der Waals surface area contributed by atoms with E-state index in [0.717, 1.165) is 43.0 Å². The summed E-state index contributed by atoms with van der Waals surface area (Å²) in [4.78, 5) is 25.8. The molecule has 3 aromatic rings. The summed E-state index contributed by atoms with van der Waals surface area (Å²) < 4.78 is 1.74. The molecule has 8 nitrogen and oxygen atoms in total. The summed E-state index contributed by atoms with van der Waals surface area (Å²) in [7, 11) is 1.86. The number of halogens is 2. The van der Waals surface area contributed by atoms with E-state index >= 15 is 0 Å². The fourth-order valence-corrected chi connectivity index (χ4v) is 3.86. The number of hydrogen-bond donors (Lipinski definition) is 1. The maximum Gasteiger partial charge on any atom is 0.241 e. The number of fused-ring (bicyclic) bond motifs is 1. The van der Waals surface area contributed by atoms with Gasteiger partial charge in [0, 0.05) is 38.2 Å². The van der Waals surface area contributed by atoms with Crippen molar-refractivity contribution < 1.29 is 4.79 Å². The molecule has 0 saturated carbocycles. The average molecular weight is 434 g/mol. The molecule has 10 heteroatoms. The molecule has 1 fully saturated rings. The Bertz CT molecular complexity index is 1050. The molecule has 1 aromatic carbocycles. The third kappa shape index (κ3) is 4.01. The van der Waals surface area contributed by atoms with Gasteiger partial charge in [-0.05, 0) is 25.1 Å². The quantitative estimate of drug-likeness (QED) is 0.681. The molecule has 3 heterocycles. The van der Waals surface area contributed by atoms with Gasteiger partial charge in [0.05, 0.1) is 28.3 Å². The van der Waals surface area contributed by atoms with Gasteiger partial charge in [-0.1, -0.05) is 23.2 Å². The maximum absolute atomic E-state index is 12.7. The Morgan fingerprint density at radius 1 is 1.17 bits per heavy atom. The second-order valence-electron chi connectivity index (χ2n) is 7.02. The zero-order chi connectivity index (χ0) is 20.5. The Morgan fingerprint density at radius 3 is 2.69 bits per heavy atom. The van der Waals surface area contributed by atoms with Crippen LogP contribution in [-0.2, 0) is 11.8 Å². The smallest absolute Gasteiger partial charge is 0.241 e. The first-order valence-electron chi connectivity index (χ1n) is 9.31. The van der Waals surface area contributed by atoms with Crippen LogP contribution in [0.5, 0.6) is 0 Å². The molecule has 0 bridgehead atoms. The molecule has 29 heavy (non-hydrogen) atoms. The number of amides is 1. The minimum Gasteiger partial charge on any atom is -0.353 e. The molecule has 4 rings (SSSR count). The van der Waals surface area contributed by atoms with Crippen molar-refractivity contribution in [3.63, 3.8) is 0 Å². The van der Waals surface area contributed by atoms with E-state index in [1.165, 1.54) is 0 Å². The van der Waals surface area contributed by atoms with E-state index in [9.17, 15) is 4.79 Å². The fraction of sp³-hybridized carbons (Fsp3) is 0.368. The Kier molecular flexibility index (Phi) is 5.58. The summed E-state index contributed by atoms with van der Waals surface area (Å²) in [5.41, 5.74) is 1.33. The minimum absolute atomic E-state index is 0.112. The molecule has 0 aliphatic carbocycles. The normalized spacial score (nSPS) is 16.2. The van der Waals surface area contributed by atoms with Crippen molar-refractivity contribution in [1.82, 2.24) is 24.6 Å². The van der Waals surface area contributed by atoms with Crippen LogP contribution in [0.15, 0.2) is 30.7 Å². The molecule has 0 radical (unpaired) electrons. The van der Waals surface area contributed by atoms with Crippen molar-refractivity contribution in [2.45, 2.75) is 13.0 Å². The van der Waals surface area contributed by atoms with Crippen molar-refractivity contribution in [1.29, 1.82) is 0 Å². The topological polar surface area (TPSA) is 79.2 Å². The highest BCUT2D eigenvalue weighted by molar-refractivity contribution is 6.35.